The zero-order chi connectivity index (χ0) is 13.1. The van der Waals surface area contributed by atoms with Crippen molar-refractivity contribution in [3.05, 3.63) is 15.9 Å². The van der Waals surface area contributed by atoms with Gasteiger partial charge in [0, 0.05) is 38.8 Å². The quantitative estimate of drug-likeness (QED) is 0.923. The van der Waals surface area contributed by atoms with Gasteiger partial charge < -0.3 is 5.32 Å². The molecule has 2 heterocycles. The van der Waals surface area contributed by atoms with Crippen LogP contribution in [-0.2, 0) is 19.5 Å². The highest BCUT2D eigenvalue weighted by Crippen LogP contribution is 2.24. The molecule has 4 nitrogen and oxygen atoms in total. The molecule has 0 bridgehead atoms. The first-order chi connectivity index (χ1) is 8.65. The third kappa shape index (κ3) is 2.95. The van der Waals surface area contributed by atoms with Crippen LogP contribution in [0.5, 0.6) is 0 Å². The van der Waals surface area contributed by atoms with Crippen molar-refractivity contribution in [2.45, 2.75) is 46.3 Å². The van der Waals surface area contributed by atoms with Gasteiger partial charge in [-0.05, 0) is 36.2 Å². The number of aromatic nitrogens is 2. The fourth-order valence-electron chi connectivity index (χ4n) is 2.54. The monoisotopic (exact) mass is 314 g/mol. The van der Waals surface area contributed by atoms with E-state index < -0.39 is 0 Å². The fraction of sp³-hybridized carbons (Fsp3) is 0.769. The lowest BCUT2D eigenvalue weighted by Gasteiger charge is -2.31. The summed E-state index contributed by atoms with van der Waals surface area (Å²) in [6.07, 6.45) is 0.985. The van der Waals surface area contributed by atoms with Gasteiger partial charge in [0.25, 0.3) is 0 Å². The molecule has 1 saturated heterocycles. The van der Waals surface area contributed by atoms with Gasteiger partial charge in [0.1, 0.15) is 0 Å². The summed E-state index contributed by atoms with van der Waals surface area (Å²) in [5.41, 5.74) is 2.50. The van der Waals surface area contributed by atoms with Crippen molar-refractivity contribution in [2.24, 2.45) is 0 Å². The van der Waals surface area contributed by atoms with Gasteiger partial charge in [0.05, 0.1) is 15.9 Å². The molecular weight excluding hydrogens is 292 g/mol. The second kappa shape index (κ2) is 6.17. The van der Waals surface area contributed by atoms with Crippen LogP contribution in [0.25, 0.3) is 0 Å². The summed E-state index contributed by atoms with van der Waals surface area (Å²) < 4.78 is 3.34. The van der Waals surface area contributed by atoms with Gasteiger partial charge in [-0.3, -0.25) is 9.58 Å². The Morgan fingerprint density at radius 3 is 2.83 bits per heavy atom. The summed E-state index contributed by atoms with van der Waals surface area (Å²) in [5.74, 6) is 0. The topological polar surface area (TPSA) is 33.1 Å². The smallest absolute Gasteiger partial charge is 0.0767 e. The molecule has 5 heteroatoms. The largest absolute Gasteiger partial charge is 0.312 e. The van der Waals surface area contributed by atoms with Crippen LogP contribution in [0.3, 0.4) is 0 Å². The molecule has 1 aliphatic heterocycles. The van der Waals surface area contributed by atoms with Crippen molar-refractivity contribution in [3.63, 3.8) is 0 Å². The number of piperazine rings is 1. The highest BCUT2D eigenvalue weighted by Gasteiger charge is 2.20. The summed E-state index contributed by atoms with van der Waals surface area (Å²) in [5, 5.41) is 8.14. The Morgan fingerprint density at radius 2 is 2.22 bits per heavy atom. The van der Waals surface area contributed by atoms with Gasteiger partial charge >= 0.3 is 0 Å². The Morgan fingerprint density at radius 1 is 1.44 bits per heavy atom. The van der Waals surface area contributed by atoms with E-state index in [1.807, 2.05) is 0 Å². The molecular formula is C13H23BrN4. The molecule has 102 valence electrons. The lowest BCUT2D eigenvalue weighted by Crippen LogP contribution is -2.48. The zero-order valence-corrected chi connectivity index (χ0v) is 13.1. The van der Waals surface area contributed by atoms with E-state index in [-0.39, 0.29) is 0 Å². The lowest BCUT2D eigenvalue weighted by molar-refractivity contribution is 0.194. The van der Waals surface area contributed by atoms with Crippen LogP contribution in [0, 0.1) is 0 Å². The average Bonchev–Trinajstić information content (AvgIpc) is 2.66. The van der Waals surface area contributed by atoms with Crippen molar-refractivity contribution in [3.8, 4) is 0 Å². The molecule has 0 radical (unpaired) electrons. The van der Waals surface area contributed by atoms with Crippen LogP contribution in [0.1, 0.15) is 32.2 Å². The van der Waals surface area contributed by atoms with E-state index in [9.17, 15) is 0 Å². The SMILES string of the molecule is CCc1nn(CC)c(CN2CCN[C@@H](C)C2)c1Br. The zero-order valence-electron chi connectivity index (χ0n) is 11.5. The molecule has 1 fully saturated rings. The number of nitrogens with one attached hydrogen (secondary N) is 1. The van der Waals surface area contributed by atoms with Crippen molar-refractivity contribution in [1.29, 1.82) is 0 Å². The summed E-state index contributed by atoms with van der Waals surface area (Å²) in [7, 11) is 0. The molecule has 0 amide bonds. The Labute approximate surface area is 118 Å². The Hall–Kier alpha value is -0.390. The first kappa shape index (κ1) is 14.0. The molecule has 1 aromatic heterocycles. The van der Waals surface area contributed by atoms with Crippen LogP contribution in [-0.4, -0.2) is 40.4 Å². The predicted molar refractivity (Wildman–Crippen MR) is 77.7 cm³/mol. The van der Waals surface area contributed by atoms with Gasteiger partial charge in [-0.15, -0.1) is 0 Å². The minimum absolute atomic E-state index is 0.584. The Kier molecular flexibility index (Phi) is 4.81. The first-order valence-corrected chi connectivity index (χ1v) is 7.64. The summed E-state index contributed by atoms with van der Waals surface area (Å²) in [4.78, 5) is 2.51. The molecule has 1 aliphatic rings. The van der Waals surface area contributed by atoms with E-state index in [4.69, 9.17) is 0 Å². The molecule has 1 aromatic rings. The van der Waals surface area contributed by atoms with Crippen molar-refractivity contribution < 1.29 is 0 Å². The van der Waals surface area contributed by atoms with Crippen LogP contribution < -0.4 is 5.32 Å². The van der Waals surface area contributed by atoms with Gasteiger partial charge in [-0.2, -0.15) is 5.10 Å². The molecule has 18 heavy (non-hydrogen) atoms. The molecule has 0 aromatic carbocycles. The molecule has 0 spiro atoms. The summed E-state index contributed by atoms with van der Waals surface area (Å²) >= 11 is 3.72. The third-order valence-electron chi connectivity index (χ3n) is 3.52. The van der Waals surface area contributed by atoms with Gasteiger partial charge in [-0.25, -0.2) is 0 Å². The average molecular weight is 315 g/mol. The lowest BCUT2D eigenvalue weighted by atomic mass is 10.2. The van der Waals surface area contributed by atoms with Crippen molar-refractivity contribution in [1.82, 2.24) is 20.0 Å². The van der Waals surface area contributed by atoms with Gasteiger partial charge in [0.2, 0.25) is 0 Å². The maximum atomic E-state index is 4.66. The highest BCUT2D eigenvalue weighted by atomic mass is 79.9. The normalized spacial score (nSPS) is 21.4. The van der Waals surface area contributed by atoms with Crippen molar-refractivity contribution in [2.75, 3.05) is 19.6 Å². The number of aryl methyl sites for hydroxylation is 2. The summed E-state index contributed by atoms with van der Waals surface area (Å²) in [6, 6.07) is 0.584. The molecule has 1 N–H and O–H groups in total. The molecule has 2 rings (SSSR count). The number of nitrogens with zero attached hydrogens (tertiary/aromatic N) is 3. The van der Waals surface area contributed by atoms with Crippen LogP contribution in [0.15, 0.2) is 4.47 Å². The van der Waals surface area contributed by atoms with E-state index in [2.05, 4.69) is 56.7 Å². The molecule has 0 unspecified atom stereocenters. The summed E-state index contributed by atoms with van der Waals surface area (Å²) in [6.45, 7) is 11.8. The number of halogens is 1. The number of hydrogen-bond donors (Lipinski definition) is 1. The Bertz CT molecular complexity index is 402. The van der Waals surface area contributed by atoms with Crippen LogP contribution >= 0.6 is 15.9 Å². The van der Waals surface area contributed by atoms with E-state index in [0.717, 1.165) is 39.1 Å². The molecule has 0 aliphatic carbocycles. The minimum atomic E-state index is 0.584. The fourth-order valence-corrected chi connectivity index (χ4v) is 3.23. The van der Waals surface area contributed by atoms with E-state index in [1.165, 1.54) is 15.9 Å². The van der Waals surface area contributed by atoms with Crippen LogP contribution in [0.4, 0.5) is 0 Å². The van der Waals surface area contributed by atoms with E-state index in [1.54, 1.807) is 0 Å². The number of rotatable bonds is 4. The standard InChI is InChI=1S/C13H23BrN4/c1-4-11-13(14)12(18(5-2)16-11)9-17-7-6-15-10(3)8-17/h10,15H,4-9H2,1-3H3/t10-/m0/s1. The van der Waals surface area contributed by atoms with Gasteiger partial charge in [-0.1, -0.05) is 6.92 Å². The number of hydrogen-bond acceptors (Lipinski definition) is 3. The second-order valence-corrected chi connectivity index (χ2v) is 5.76. The second-order valence-electron chi connectivity index (χ2n) is 4.97. The van der Waals surface area contributed by atoms with Crippen LogP contribution in [0.2, 0.25) is 0 Å². The molecule has 1 atom stereocenters. The highest BCUT2D eigenvalue weighted by molar-refractivity contribution is 9.10. The Balaban J connectivity index is 2.14. The maximum Gasteiger partial charge on any atom is 0.0767 e. The third-order valence-corrected chi connectivity index (χ3v) is 4.44. The van der Waals surface area contributed by atoms with Crippen molar-refractivity contribution >= 4 is 15.9 Å². The molecule has 0 saturated carbocycles. The minimum Gasteiger partial charge on any atom is -0.312 e. The van der Waals surface area contributed by atoms with E-state index >= 15 is 0 Å². The predicted octanol–water partition coefficient (Wildman–Crippen LogP) is 2.02. The van der Waals surface area contributed by atoms with E-state index in [0.29, 0.717) is 6.04 Å². The maximum absolute atomic E-state index is 4.66. The van der Waals surface area contributed by atoms with Gasteiger partial charge in [0.15, 0.2) is 0 Å². The first-order valence-electron chi connectivity index (χ1n) is 6.85.